The Balaban J connectivity index is 2.37. The van der Waals surface area contributed by atoms with Gasteiger partial charge in [0.25, 0.3) is 16.0 Å². The number of aliphatic carboxylic acids is 1. The van der Waals surface area contributed by atoms with Crippen LogP contribution in [-0.4, -0.2) is 41.7 Å². The zero-order valence-electron chi connectivity index (χ0n) is 13.3. The lowest BCUT2D eigenvalue weighted by Gasteiger charge is -2.16. The molecule has 0 unspecified atom stereocenters. The Morgan fingerprint density at radius 3 is 2.16 bits per heavy atom. The van der Waals surface area contributed by atoms with Crippen molar-refractivity contribution in [3.8, 4) is 11.1 Å². The van der Waals surface area contributed by atoms with Gasteiger partial charge < -0.3 is 10.4 Å². The van der Waals surface area contributed by atoms with Gasteiger partial charge in [0.1, 0.15) is 11.8 Å². The number of nitrogens with one attached hydrogen (secondary N) is 1. The van der Waals surface area contributed by atoms with E-state index < -0.39 is 33.8 Å². The molecule has 0 aliphatic heterocycles. The smallest absolute Gasteiger partial charge is 0.327 e. The van der Waals surface area contributed by atoms with Crippen LogP contribution in [0.4, 0.5) is 0 Å². The summed E-state index contributed by atoms with van der Waals surface area (Å²) in [6, 6.07) is 12.2. The Kier molecular flexibility index (Phi) is 5.55. The van der Waals surface area contributed by atoms with E-state index in [0.29, 0.717) is 5.56 Å². The van der Waals surface area contributed by atoms with Crippen molar-refractivity contribution in [3.63, 3.8) is 0 Å². The molecule has 1 atom stereocenters. The fraction of sp³-hybridized carbons (Fsp3) is 0.176. The number of hydrogen-bond acceptors (Lipinski definition) is 4. The summed E-state index contributed by atoms with van der Waals surface area (Å²) >= 11 is 0. The first-order valence-electron chi connectivity index (χ1n) is 7.33. The largest absolute Gasteiger partial charge is 0.480 e. The van der Waals surface area contributed by atoms with E-state index in [1.165, 1.54) is 6.07 Å². The fourth-order valence-electron chi connectivity index (χ4n) is 2.41. The maximum atomic E-state index is 12.5. The molecule has 0 aromatic heterocycles. The van der Waals surface area contributed by atoms with Crippen molar-refractivity contribution in [1.29, 1.82) is 0 Å². The summed E-state index contributed by atoms with van der Waals surface area (Å²) in [7, 11) is -4.56. The van der Waals surface area contributed by atoms with Crippen LogP contribution in [0.1, 0.15) is 15.9 Å². The number of benzene rings is 2. The SMILES string of the molecule is Cc1ccccc1-c1ccccc1C(=O)N[C@@H](CS(=O)(=O)O)C(=O)O. The highest BCUT2D eigenvalue weighted by Crippen LogP contribution is 2.26. The van der Waals surface area contributed by atoms with E-state index in [2.05, 4.69) is 5.32 Å². The van der Waals surface area contributed by atoms with Gasteiger partial charge in [-0.2, -0.15) is 8.42 Å². The first kappa shape index (κ1) is 18.6. The van der Waals surface area contributed by atoms with Crippen LogP contribution in [-0.2, 0) is 14.9 Å². The lowest BCUT2D eigenvalue weighted by Crippen LogP contribution is -2.45. The fourth-order valence-corrected chi connectivity index (χ4v) is 3.06. The Hall–Kier alpha value is -2.71. The van der Waals surface area contributed by atoms with Crippen molar-refractivity contribution < 1.29 is 27.7 Å². The Morgan fingerprint density at radius 2 is 1.60 bits per heavy atom. The summed E-state index contributed by atoms with van der Waals surface area (Å²) < 4.78 is 30.7. The zero-order valence-corrected chi connectivity index (χ0v) is 14.2. The van der Waals surface area contributed by atoms with Crippen LogP contribution in [0.2, 0.25) is 0 Å². The number of carboxylic acids is 1. The van der Waals surface area contributed by atoms with Gasteiger partial charge in [-0.25, -0.2) is 4.79 Å². The van der Waals surface area contributed by atoms with Crippen LogP contribution in [0.3, 0.4) is 0 Å². The maximum absolute atomic E-state index is 12.5. The normalized spacial score (nSPS) is 12.4. The van der Waals surface area contributed by atoms with Crippen LogP contribution in [0.25, 0.3) is 11.1 Å². The maximum Gasteiger partial charge on any atom is 0.327 e. The second-order valence-corrected chi connectivity index (χ2v) is 6.97. The molecule has 2 rings (SSSR count). The third-order valence-electron chi connectivity index (χ3n) is 3.59. The monoisotopic (exact) mass is 363 g/mol. The van der Waals surface area contributed by atoms with Crippen molar-refractivity contribution in [2.45, 2.75) is 13.0 Å². The van der Waals surface area contributed by atoms with Crippen LogP contribution in [0.5, 0.6) is 0 Å². The first-order chi connectivity index (χ1) is 11.7. The van der Waals surface area contributed by atoms with Gasteiger partial charge in [-0.15, -0.1) is 0 Å². The van der Waals surface area contributed by atoms with Crippen molar-refractivity contribution in [1.82, 2.24) is 5.32 Å². The highest BCUT2D eigenvalue weighted by molar-refractivity contribution is 7.85. The van der Waals surface area contributed by atoms with Crippen molar-refractivity contribution >= 4 is 22.0 Å². The molecule has 3 N–H and O–H groups in total. The molecule has 0 heterocycles. The van der Waals surface area contributed by atoms with Gasteiger partial charge in [0.15, 0.2) is 0 Å². The summed E-state index contributed by atoms with van der Waals surface area (Å²) in [5.74, 6) is -3.41. The third-order valence-corrected chi connectivity index (χ3v) is 4.34. The highest BCUT2D eigenvalue weighted by Gasteiger charge is 2.27. The minimum absolute atomic E-state index is 0.207. The Morgan fingerprint density at radius 1 is 1.04 bits per heavy atom. The molecule has 1 amide bonds. The Bertz CT molecular complexity index is 907. The van der Waals surface area contributed by atoms with Crippen LogP contribution < -0.4 is 5.32 Å². The molecule has 7 nitrogen and oxygen atoms in total. The van der Waals surface area contributed by atoms with Crippen molar-refractivity contribution in [2.24, 2.45) is 0 Å². The van der Waals surface area contributed by atoms with Gasteiger partial charge in [0, 0.05) is 5.56 Å². The zero-order chi connectivity index (χ0) is 18.6. The van der Waals surface area contributed by atoms with E-state index >= 15 is 0 Å². The molecule has 8 heteroatoms. The molecule has 0 saturated carbocycles. The van der Waals surface area contributed by atoms with E-state index in [9.17, 15) is 18.0 Å². The lowest BCUT2D eigenvalue weighted by molar-refractivity contribution is -0.138. The third kappa shape index (κ3) is 4.88. The number of carbonyl (C=O) groups excluding carboxylic acids is 1. The molecule has 132 valence electrons. The molecule has 2 aromatic carbocycles. The molecule has 0 bridgehead atoms. The number of carbonyl (C=O) groups is 2. The highest BCUT2D eigenvalue weighted by atomic mass is 32.2. The predicted molar refractivity (Wildman–Crippen MR) is 91.9 cm³/mol. The molecule has 0 radical (unpaired) electrons. The average Bonchev–Trinajstić information content (AvgIpc) is 2.53. The minimum Gasteiger partial charge on any atom is -0.480 e. The van der Waals surface area contributed by atoms with Gasteiger partial charge in [0.05, 0.1) is 0 Å². The minimum atomic E-state index is -4.56. The molecule has 2 aromatic rings. The summed E-state index contributed by atoms with van der Waals surface area (Å²) in [4.78, 5) is 23.7. The molecule has 0 saturated heterocycles. The average molecular weight is 363 g/mol. The molecule has 0 spiro atoms. The van der Waals surface area contributed by atoms with E-state index in [-0.39, 0.29) is 5.56 Å². The number of amides is 1. The molecule has 25 heavy (non-hydrogen) atoms. The van der Waals surface area contributed by atoms with Crippen LogP contribution in [0.15, 0.2) is 48.5 Å². The van der Waals surface area contributed by atoms with Gasteiger partial charge >= 0.3 is 5.97 Å². The van der Waals surface area contributed by atoms with Gasteiger partial charge in [-0.3, -0.25) is 9.35 Å². The van der Waals surface area contributed by atoms with Crippen LogP contribution >= 0.6 is 0 Å². The van der Waals surface area contributed by atoms with E-state index in [1.807, 2.05) is 31.2 Å². The van der Waals surface area contributed by atoms with Crippen molar-refractivity contribution in [3.05, 3.63) is 59.7 Å². The molecule has 0 fully saturated rings. The van der Waals surface area contributed by atoms with Gasteiger partial charge in [0.2, 0.25) is 0 Å². The van der Waals surface area contributed by atoms with Gasteiger partial charge in [-0.05, 0) is 29.7 Å². The molecule has 0 aliphatic carbocycles. The molecular formula is C17H17NO6S. The predicted octanol–water partition coefficient (Wildman–Crippen LogP) is 1.73. The molecule has 0 aliphatic rings. The quantitative estimate of drug-likeness (QED) is 0.672. The number of carboxylic acid groups (broad SMARTS) is 1. The molecular weight excluding hydrogens is 346 g/mol. The summed E-state index contributed by atoms with van der Waals surface area (Å²) in [5.41, 5.74) is 2.53. The van der Waals surface area contributed by atoms with E-state index in [1.54, 1.807) is 18.2 Å². The van der Waals surface area contributed by atoms with Crippen molar-refractivity contribution in [2.75, 3.05) is 5.75 Å². The van der Waals surface area contributed by atoms with Crippen LogP contribution in [0, 0.1) is 6.92 Å². The number of rotatable bonds is 6. The second-order valence-electron chi connectivity index (χ2n) is 5.47. The summed E-state index contributed by atoms with van der Waals surface area (Å²) in [6.07, 6.45) is 0. The van der Waals surface area contributed by atoms with E-state index in [0.717, 1.165) is 11.1 Å². The topological polar surface area (TPSA) is 121 Å². The summed E-state index contributed by atoms with van der Waals surface area (Å²) in [6.45, 7) is 1.88. The lowest BCUT2D eigenvalue weighted by atomic mass is 9.95. The number of hydrogen-bond donors (Lipinski definition) is 3. The van der Waals surface area contributed by atoms with E-state index in [4.69, 9.17) is 9.66 Å². The standard InChI is InChI=1S/C17H17NO6S/c1-11-6-2-3-7-12(11)13-8-4-5-9-14(13)16(19)18-15(17(20)21)10-25(22,23)24/h2-9,15H,10H2,1H3,(H,18,19)(H,20,21)(H,22,23,24)/t15-/m0/s1. The first-order valence-corrected chi connectivity index (χ1v) is 8.94. The summed E-state index contributed by atoms with van der Waals surface area (Å²) in [5, 5.41) is 11.2. The second kappa shape index (κ2) is 7.45. The Labute approximate surface area is 145 Å². The number of aryl methyl sites for hydroxylation is 1. The van der Waals surface area contributed by atoms with Gasteiger partial charge in [-0.1, -0.05) is 42.5 Å².